The molecule has 0 saturated carbocycles. The van der Waals surface area contributed by atoms with Crippen LogP contribution in [0.1, 0.15) is 27.9 Å². The third-order valence-corrected chi connectivity index (χ3v) is 7.33. The molecule has 1 atom stereocenters. The molecule has 6 nitrogen and oxygen atoms in total. The number of anilines is 1. The fourth-order valence-corrected chi connectivity index (χ4v) is 5.79. The molecule has 4 aromatic rings. The number of nitrogens with one attached hydrogen (secondary N) is 1. The van der Waals surface area contributed by atoms with Gasteiger partial charge >= 0.3 is 0 Å². The number of aromatic amines is 1. The van der Waals surface area contributed by atoms with Crippen molar-refractivity contribution in [3.8, 4) is 0 Å². The van der Waals surface area contributed by atoms with Gasteiger partial charge < -0.3 is 14.6 Å². The van der Waals surface area contributed by atoms with Crippen molar-refractivity contribution < 1.29 is 4.74 Å². The number of aromatic nitrogens is 3. The molecular formula is C24H25N5OS. The first-order valence-electron chi connectivity index (χ1n) is 10.9. The van der Waals surface area contributed by atoms with Gasteiger partial charge in [0.1, 0.15) is 0 Å². The Hall–Kier alpha value is -2.74. The number of fused-ring (bicyclic) bond motifs is 3. The Bertz CT molecular complexity index is 1180. The molecule has 31 heavy (non-hydrogen) atoms. The highest BCUT2D eigenvalue weighted by Crippen LogP contribution is 2.39. The van der Waals surface area contributed by atoms with Crippen molar-refractivity contribution in [1.29, 1.82) is 0 Å². The first-order valence-corrected chi connectivity index (χ1v) is 11.7. The molecule has 158 valence electrons. The van der Waals surface area contributed by atoms with Crippen molar-refractivity contribution in [1.82, 2.24) is 19.9 Å². The van der Waals surface area contributed by atoms with Crippen molar-refractivity contribution in [2.75, 3.05) is 37.7 Å². The SMILES string of the molecule is c1ccc(C2c3[nH]c4ccccc4c3CCN2Cc2cnc(N3CCOCC3)s2)nc1. The number of para-hydroxylation sites is 1. The third kappa shape index (κ3) is 3.52. The van der Waals surface area contributed by atoms with E-state index in [0.29, 0.717) is 0 Å². The van der Waals surface area contributed by atoms with Crippen LogP contribution in [0, 0.1) is 0 Å². The summed E-state index contributed by atoms with van der Waals surface area (Å²) in [4.78, 5) is 19.4. The van der Waals surface area contributed by atoms with Gasteiger partial charge in [0.05, 0.1) is 24.9 Å². The molecule has 5 heterocycles. The standard InChI is InChI=1S/C24H25N5OS/c1-2-6-20-18(5-1)19-8-10-29(23(22(19)27-20)21-7-3-4-9-25-21)16-17-15-26-24(31-17)28-11-13-30-14-12-28/h1-7,9,15,23,27H,8,10-14,16H2. The van der Waals surface area contributed by atoms with E-state index in [-0.39, 0.29) is 6.04 Å². The Balaban J connectivity index is 1.34. The van der Waals surface area contributed by atoms with E-state index >= 15 is 0 Å². The first kappa shape index (κ1) is 19.0. The Morgan fingerprint density at radius 1 is 1.03 bits per heavy atom. The van der Waals surface area contributed by atoms with Crippen molar-refractivity contribution in [2.45, 2.75) is 19.0 Å². The van der Waals surface area contributed by atoms with E-state index in [9.17, 15) is 0 Å². The van der Waals surface area contributed by atoms with Crippen LogP contribution in [0.25, 0.3) is 10.9 Å². The largest absolute Gasteiger partial charge is 0.378 e. The molecule has 1 unspecified atom stereocenters. The number of pyridine rings is 1. The number of H-pyrrole nitrogens is 1. The van der Waals surface area contributed by atoms with Crippen LogP contribution in [0.2, 0.25) is 0 Å². The summed E-state index contributed by atoms with van der Waals surface area (Å²) >= 11 is 1.80. The number of ether oxygens (including phenoxy) is 1. The minimum Gasteiger partial charge on any atom is -0.378 e. The molecule has 1 N–H and O–H groups in total. The summed E-state index contributed by atoms with van der Waals surface area (Å²) in [6, 6.07) is 15.0. The fraction of sp³-hybridized carbons (Fsp3) is 0.333. The minimum absolute atomic E-state index is 0.117. The van der Waals surface area contributed by atoms with E-state index in [0.717, 1.165) is 56.6 Å². The van der Waals surface area contributed by atoms with Crippen molar-refractivity contribution in [3.63, 3.8) is 0 Å². The highest BCUT2D eigenvalue weighted by molar-refractivity contribution is 7.15. The molecule has 0 aliphatic carbocycles. The summed E-state index contributed by atoms with van der Waals surface area (Å²) in [6.07, 6.45) is 4.98. The zero-order chi connectivity index (χ0) is 20.6. The van der Waals surface area contributed by atoms with Crippen molar-refractivity contribution in [2.24, 2.45) is 0 Å². The van der Waals surface area contributed by atoms with Crippen LogP contribution < -0.4 is 4.90 Å². The van der Waals surface area contributed by atoms with Gasteiger partial charge in [0.15, 0.2) is 5.13 Å². The number of hydrogen-bond donors (Lipinski definition) is 1. The maximum atomic E-state index is 5.49. The zero-order valence-corrected chi connectivity index (χ0v) is 18.1. The van der Waals surface area contributed by atoms with Gasteiger partial charge in [-0.25, -0.2) is 4.98 Å². The average molecular weight is 432 g/mol. The van der Waals surface area contributed by atoms with Gasteiger partial charge in [-0.15, -0.1) is 11.3 Å². The van der Waals surface area contributed by atoms with Gasteiger partial charge in [-0.05, 0) is 30.2 Å². The third-order valence-electron chi connectivity index (χ3n) is 6.28. The number of hydrogen-bond acceptors (Lipinski definition) is 6. The summed E-state index contributed by atoms with van der Waals surface area (Å²) in [5, 5.41) is 2.45. The number of rotatable bonds is 4. The second-order valence-corrected chi connectivity index (χ2v) is 9.24. The number of benzene rings is 1. The van der Waals surface area contributed by atoms with Crippen LogP contribution in [0.5, 0.6) is 0 Å². The molecule has 7 heteroatoms. The summed E-state index contributed by atoms with van der Waals surface area (Å²) in [5.41, 5.74) is 5.01. The van der Waals surface area contributed by atoms with Crippen LogP contribution in [0.15, 0.2) is 54.9 Å². The Kier molecular flexibility index (Phi) is 4.94. The van der Waals surface area contributed by atoms with Crippen molar-refractivity contribution >= 4 is 27.4 Å². The minimum atomic E-state index is 0.117. The predicted molar refractivity (Wildman–Crippen MR) is 124 cm³/mol. The molecule has 1 fully saturated rings. The topological polar surface area (TPSA) is 57.3 Å². The Morgan fingerprint density at radius 3 is 2.77 bits per heavy atom. The molecule has 1 saturated heterocycles. The quantitative estimate of drug-likeness (QED) is 0.529. The lowest BCUT2D eigenvalue weighted by Crippen LogP contribution is -2.36. The van der Waals surface area contributed by atoms with Gasteiger partial charge in [-0.2, -0.15) is 0 Å². The van der Waals surface area contributed by atoms with E-state index in [1.807, 2.05) is 18.5 Å². The van der Waals surface area contributed by atoms with Crippen molar-refractivity contribution in [3.05, 3.63) is 76.7 Å². The summed E-state index contributed by atoms with van der Waals surface area (Å²) in [5.74, 6) is 0. The molecular weight excluding hydrogens is 406 g/mol. The van der Waals surface area contributed by atoms with E-state index in [4.69, 9.17) is 14.7 Å². The molecule has 3 aromatic heterocycles. The Morgan fingerprint density at radius 2 is 1.90 bits per heavy atom. The van der Waals surface area contributed by atoms with Crippen LogP contribution in [-0.4, -0.2) is 52.7 Å². The highest BCUT2D eigenvalue weighted by atomic mass is 32.1. The average Bonchev–Trinajstić information content (AvgIpc) is 3.45. The second-order valence-electron chi connectivity index (χ2n) is 8.15. The van der Waals surface area contributed by atoms with Crippen LogP contribution in [0.4, 0.5) is 5.13 Å². The maximum absolute atomic E-state index is 5.49. The summed E-state index contributed by atoms with van der Waals surface area (Å²) in [7, 11) is 0. The lowest BCUT2D eigenvalue weighted by Gasteiger charge is -2.35. The van der Waals surface area contributed by atoms with Crippen LogP contribution in [-0.2, 0) is 17.7 Å². The number of morpholine rings is 1. The van der Waals surface area contributed by atoms with E-state index in [1.54, 1.807) is 11.3 Å². The lowest BCUT2D eigenvalue weighted by molar-refractivity contribution is 0.122. The number of nitrogens with zero attached hydrogens (tertiary/aromatic N) is 4. The Labute approximate surface area is 185 Å². The monoisotopic (exact) mass is 431 g/mol. The smallest absolute Gasteiger partial charge is 0.185 e. The second kappa shape index (κ2) is 8.07. The molecule has 1 aromatic carbocycles. The van der Waals surface area contributed by atoms with Gasteiger partial charge in [0, 0.05) is 60.0 Å². The first-order chi connectivity index (χ1) is 15.4. The summed E-state index contributed by atoms with van der Waals surface area (Å²) in [6.45, 7) is 5.29. The molecule has 0 radical (unpaired) electrons. The molecule has 2 aliphatic rings. The van der Waals surface area contributed by atoms with Gasteiger partial charge in [-0.1, -0.05) is 24.3 Å². The normalized spacial score (nSPS) is 19.6. The van der Waals surface area contributed by atoms with Gasteiger partial charge in [0.25, 0.3) is 0 Å². The molecule has 2 aliphatic heterocycles. The van der Waals surface area contributed by atoms with Gasteiger partial charge in [0.2, 0.25) is 0 Å². The molecule has 0 spiro atoms. The van der Waals surface area contributed by atoms with Gasteiger partial charge in [-0.3, -0.25) is 9.88 Å². The zero-order valence-electron chi connectivity index (χ0n) is 17.3. The fourth-order valence-electron chi connectivity index (χ4n) is 4.80. The lowest BCUT2D eigenvalue weighted by atomic mass is 9.95. The van der Waals surface area contributed by atoms with E-state index < -0.39 is 0 Å². The van der Waals surface area contributed by atoms with E-state index in [2.05, 4.69) is 51.2 Å². The van der Waals surface area contributed by atoms with E-state index in [1.165, 1.54) is 27.0 Å². The molecule has 0 bridgehead atoms. The summed E-state index contributed by atoms with van der Waals surface area (Å²) < 4.78 is 5.49. The predicted octanol–water partition coefficient (Wildman–Crippen LogP) is 4.00. The maximum Gasteiger partial charge on any atom is 0.185 e. The number of thiazole rings is 1. The van der Waals surface area contributed by atoms with Crippen LogP contribution >= 0.6 is 11.3 Å². The highest BCUT2D eigenvalue weighted by Gasteiger charge is 2.32. The van der Waals surface area contributed by atoms with Crippen LogP contribution in [0.3, 0.4) is 0 Å². The molecule has 6 rings (SSSR count). The molecule has 0 amide bonds.